The zero-order valence-electron chi connectivity index (χ0n) is 16.3. The fourth-order valence-corrected chi connectivity index (χ4v) is 3.95. The van der Waals surface area contributed by atoms with Crippen molar-refractivity contribution in [1.29, 1.82) is 0 Å². The van der Waals surface area contributed by atoms with Crippen LogP contribution in [0.15, 0.2) is 59.5 Å². The predicted molar refractivity (Wildman–Crippen MR) is 110 cm³/mol. The summed E-state index contributed by atoms with van der Waals surface area (Å²) in [7, 11) is -1.42. The molecule has 0 unspecified atom stereocenters. The van der Waals surface area contributed by atoms with E-state index in [0.29, 0.717) is 10.5 Å². The van der Waals surface area contributed by atoms with Crippen molar-refractivity contribution in [2.24, 2.45) is 0 Å². The van der Waals surface area contributed by atoms with Crippen LogP contribution in [-0.4, -0.2) is 44.9 Å². The summed E-state index contributed by atoms with van der Waals surface area (Å²) in [5.41, 5.74) is 0.473. The van der Waals surface area contributed by atoms with Gasteiger partial charge in [0.2, 0.25) is 11.8 Å². The third-order valence-corrected chi connectivity index (χ3v) is 5.64. The highest BCUT2D eigenvalue weighted by Gasteiger charge is 2.26. The number of hydrogen-bond acceptors (Lipinski definition) is 4. The van der Waals surface area contributed by atoms with Crippen molar-refractivity contribution in [1.82, 2.24) is 10.6 Å². The Morgan fingerprint density at radius 3 is 2.33 bits per heavy atom. The van der Waals surface area contributed by atoms with E-state index >= 15 is 0 Å². The van der Waals surface area contributed by atoms with Gasteiger partial charge in [0, 0.05) is 24.0 Å². The number of rotatable bonds is 10. The Morgan fingerprint density at radius 2 is 1.73 bits per heavy atom. The maximum atomic E-state index is 13.4. The minimum absolute atomic E-state index is 0.00847. The molecule has 0 aliphatic heterocycles. The number of carboxylic acids is 1. The summed E-state index contributed by atoms with van der Waals surface area (Å²) in [6.07, 6.45) is -0.0687. The monoisotopic (exact) mass is 434 g/mol. The lowest BCUT2D eigenvalue weighted by molar-refractivity contribution is -0.142. The van der Waals surface area contributed by atoms with Crippen LogP contribution in [0.5, 0.6) is 0 Å². The Labute approximate surface area is 176 Å². The summed E-state index contributed by atoms with van der Waals surface area (Å²) >= 11 is 0. The largest absolute Gasteiger partial charge is 0.480 e. The van der Waals surface area contributed by atoms with Gasteiger partial charge in [-0.3, -0.25) is 13.8 Å². The second-order valence-electron chi connectivity index (χ2n) is 6.64. The predicted octanol–water partition coefficient (Wildman–Crippen LogP) is 1.64. The summed E-state index contributed by atoms with van der Waals surface area (Å²) in [4.78, 5) is 36.3. The van der Waals surface area contributed by atoms with Crippen molar-refractivity contribution in [3.05, 3.63) is 66.0 Å². The normalized spacial score (nSPS) is 13.7. The first-order chi connectivity index (χ1) is 14.3. The van der Waals surface area contributed by atoms with Gasteiger partial charge >= 0.3 is 5.97 Å². The average Bonchev–Trinajstić information content (AvgIpc) is 2.70. The zero-order valence-corrected chi connectivity index (χ0v) is 17.2. The molecule has 0 heterocycles. The standard InChI is InChI=1S/C21H23FN2O5S/c1-14(25)23-19(13-15-6-5-7-16(22)12-15)20(26)24-18(21(27)28)10-11-30(29)17-8-3-2-4-9-17/h2-9,12,18-19H,10-11,13H2,1H3,(H,23,25)(H,24,26)(H,27,28)/t18-,19-,30-/m1/s1. The number of nitrogens with one attached hydrogen (secondary N) is 2. The van der Waals surface area contributed by atoms with Crippen molar-refractivity contribution < 1.29 is 28.1 Å². The molecule has 0 aliphatic rings. The fraction of sp³-hybridized carbons (Fsp3) is 0.286. The number of halogens is 1. The molecule has 9 heteroatoms. The average molecular weight is 434 g/mol. The Kier molecular flexibility index (Phi) is 8.67. The molecule has 3 N–H and O–H groups in total. The van der Waals surface area contributed by atoms with Gasteiger partial charge in [-0.15, -0.1) is 0 Å². The molecule has 7 nitrogen and oxygen atoms in total. The molecule has 0 spiro atoms. The second kappa shape index (κ2) is 11.2. The first-order valence-corrected chi connectivity index (χ1v) is 10.6. The van der Waals surface area contributed by atoms with E-state index in [4.69, 9.17) is 0 Å². The van der Waals surface area contributed by atoms with Gasteiger partial charge in [-0.25, -0.2) is 9.18 Å². The van der Waals surface area contributed by atoms with E-state index in [1.807, 2.05) is 0 Å². The summed E-state index contributed by atoms with van der Waals surface area (Å²) in [6, 6.07) is 11.8. The van der Waals surface area contributed by atoms with Crippen molar-refractivity contribution in [2.75, 3.05) is 5.75 Å². The number of amides is 2. The van der Waals surface area contributed by atoms with E-state index in [-0.39, 0.29) is 18.6 Å². The maximum Gasteiger partial charge on any atom is 0.326 e. The van der Waals surface area contributed by atoms with Crippen molar-refractivity contribution in [2.45, 2.75) is 36.7 Å². The summed E-state index contributed by atoms with van der Waals surface area (Å²) in [5, 5.41) is 14.3. The maximum absolute atomic E-state index is 13.4. The third-order valence-electron chi connectivity index (χ3n) is 4.24. The van der Waals surface area contributed by atoms with Crippen molar-refractivity contribution in [3.63, 3.8) is 0 Å². The van der Waals surface area contributed by atoms with E-state index in [1.165, 1.54) is 25.1 Å². The molecular weight excluding hydrogens is 411 g/mol. The molecular formula is C21H23FN2O5S. The molecule has 2 rings (SSSR count). The smallest absolute Gasteiger partial charge is 0.326 e. The third kappa shape index (κ3) is 7.40. The van der Waals surface area contributed by atoms with Crippen molar-refractivity contribution in [3.8, 4) is 0 Å². The van der Waals surface area contributed by atoms with Gasteiger partial charge in [0.25, 0.3) is 0 Å². The van der Waals surface area contributed by atoms with Crippen LogP contribution in [0.2, 0.25) is 0 Å². The fourth-order valence-electron chi connectivity index (χ4n) is 2.80. The topological polar surface area (TPSA) is 113 Å². The highest BCUT2D eigenvalue weighted by atomic mass is 32.2. The number of carbonyl (C=O) groups is 3. The Morgan fingerprint density at radius 1 is 1.03 bits per heavy atom. The van der Waals surface area contributed by atoms with Gasteiger partial charge in [0.05, 0.1) is 10.8 Å². The van der Waals surface area contributed by atoms with Crippen LogP contribution < -0.4 is 10.6 Å². The molecule has 0 aromatic heterocycles. The number of carboxylic acid groups (broad SMARTS) is 1. The molecule has 30 heavy (non-hydrogen) atoms. The van der Waals surface area contributed by atoms with Crippen LogP contribution in [0, 0.1) is 5.82 Å². The molecule has 2 aromatic rings. The molecule has 160 valence electrons. The summed E-state index contributed by atoms with van der Waals surface area (Å²) in [6.45, 7) is 1.23. The minimum Gasteiger partial charge on any atom is -0.480 e. The molecule has 3 atom stereocenters. The molecule has 0 fully saturated rings. The summed E-state index contributed by atoms with van der Waals surface area (Å²) in [5.74, 6) is -2.92. The van der Waals surface area contributed by atoms with Crippen LogP contribution in [0.25, 0.3) is 0 Å². The first-order valence-electron chi connectivity index (χ1n) is 9.24. The Bertz CT molecular complexity index is 923. The lowest BCUT2D eigenvalue weighted by atomic mass is 10.0. The van der Waals surface area contributed by atoms with Crippen molar-refractivity contribution >= 4 is 28.6 Å². The highest BCUT2D eigenvalue weighted by molar-refractivity contribution is 7.85. The van der Waals surface area contributed by atoms with Gasteiger partial charge in [-0.05, 0) is 36.2 Å². The second-order valence-corrected chi connectivity index (χ2v) is 8.21. The highest BCUT2D eigenvalue weighted by Crippen LogP contribution is 2.10. The van der Waals surface area contributed by atoms with E-state index in [0.717, 1.165) is 0 Å². The molecule has 0 aliphatic carbocycles. The quantitative estimate of drug-likeness (QED) is 0.526. The summed E-state index contributed by atoms with van der Waals surface area (Å²) < 4.78 is 25.7. The van der Waals surface area contributed by atoms with Gasteiger partial charge in [0.1, 0.15) is 17.9 Å². The van der Waals surface area contributed by atoms with Crippen LogP contribution in [0.4, 0.5) is 4.39 Å². The number of benzene rings is 2. The minimum atomic E-state index is -1.42. The lowest BCUT2D eigenvalue weighted by Gasteiger charge is -2.21. The molecule has 2 aromatic carbocycles. The molecule has 0 saturated carbocycles. The molecule has 2 amide bonds. The van der Waals surface area contributed by atoms with Gasteiger partial charge < -0.3 is 15.7 Å². The van der Waals surface area contributed by atoms with E-state index < -0.39 is 46.5 Å². The van der Waals surface area contributed by atoms with Gasteiger partial charge in [-0.2, -0.15) is 0 Å². The van der Waals surface area contributed by atoms with Gasteiger partial charge in [0.15, 0.2) is 0 Å². The van der Waals surface area contributed by atoms with Gasteiger partial charge in [-0.1, -0.05) is 30.3 Å². The SMILES string of the molecule is CC(=O)N[C@H](Cc1cccc(F)c1)C(=O)N[C@H](CC[S@@](=O)c1ccccc1)C(=O)O. The molecule has 0 bridgehead atoms. The lowest BCUT2D eigenvalue weighted by Crippen LogP contribution is -2.52. The van der Waals surface area contributed by atoms with Crippen LogP contribution >= 0.6 is 0 Å². The first kappa shape index (κ1) is 23.2. The Balaban J connectivity index is 2.04. The molecule has 0 radical (unpaired) electrons. The van der Waals surface area contributed by atoms with Crippen LogP contribution in [0.1, 0.15) is 18.9 Å². The zero-order chi connectivity index (χ0) is 22.1. The van der Waals surface area contributed by atoms with Crippen LogP contribution in [-0.2, 0) is 31.6 Å². The van der Waals surface area contributed by atoms with E-state index in [2.05, 4.69) is 10.6 Å². The van der Waals surface area contributed by atoms with E-state index in [9.17, 15) is 28.1 Å². The van der Waals surface area contributed by atoms with E-state index in [1.54, 1.807) is 36.4 Å². The number of hydrogen-bond donors (Lipinski definition) is 3. The number of carbonyl (C=O) groups excluding carboxylic acids is 2. The molecule has 0 saturated heterocycles. The van der Waals surface area contributed by atoms with Crippen LogP contribution in [0.3, 0.4) is 0 Å². The number of aliphatic carboxylic acids is 1. The Hall–Kier alpha value is -3.07.